The van der Waals surface area contributed by atoms with Crippen molar-refractivity contribution in [1.82, 2.24) is 5.32 Å². The van der Waals surface area contributed by atoms with Crippen LogP contribution < -0.4 is 10.6 Å². The molecule has 1 fully saturated rings. The summed E-state index contributed by atoms with van der Waals surface area (Å²) in [6, 6.07) is 4.94. The molecule has 0 unspecified atom stereocenters. The van der Waals surface area contributed by atoms with Crippen molar-refractivity contribution in [3.05, 3.63) is 27.3 Å². The summed E-state index contributed by atoms with van der Waals surface area (Å²) in [5.41, 5.74) is 0.488. The Labute approximate surface area is 118 Å². The quantitative estimate of drug-likeness (QED) is 0.712. The second kappa shape index (κ2) is 5.66. The van der Waals surface area contributed by atoms with Gasteiger partial charge in [-0.15, -0.1) is 0 Å². The number of aromatic carboxylic acids is 1. The first-order valence-electron chi connectivity index (χ1n) is 5.59. The molecule has 5 nitrogen and oxygen atoms in total. The van der Waals surface area contributed by atoms with E-state index in [1.807, 2.05) is 22.6 Å². The van der Waals surface area contributed by atoms with Crippen molar-refractivity contribution in [3.63, 3.8) is 0 Å². The number of amides is 1. The summed E-state index contributed by atoms with van der Waals surface area (Å²) in [5, 5.41) is 14.8. The summed E-state index contributed by atoms with van der Waals surface area (Å²) >= 11 is 2.04. The van der Waals surface area contributed by atoms with Crippen molar-refractivity contribution >= 4 is 40.2 Å². The predicted molar refractivity (Wildman–Crippen MR) is 75.7 cm³/mol. The van der Waals surface area contributed by atoms with Gasteiger partial charge in [0.2, 0.25) is 5.91 Å². The number of benzene rings is 1. The minimum absolute atomic E-state index is 0.127. The van der Waals surface area contributed by atoms with E-state index >= 15 is 0 Å². The summed E-state index contributed by atoms with van der Waals surface area (Å²) in [4.78, 5) is 22.8. The molecule has 0 saturated carbocycles. The molecule has 0 atom stereocenters. The van der Waals surface area contributed by atoms with Gasteiger partial charge in [0.05, 0.1) is 11.3 Å². The maximum Gasteiger partial charge on any atom is 0.337 e. The molecule has 0 radical (unpaired) electrons. The lowest BCUT2D eigenvalue weighted by Gasteiger charge is -2.26. The smallest absolute Gasteiger partial charge is 0.337 e. The van der Waals surface area contributed by atoms with E-state index in [2.05, 4.69) is 10.6 Å². The zero-order valence-corrected chi connectivity index (χ0v) is 11.7. The molecule has 1 amide bonds. The summed E-state index contributed by atoms with van der Waals surface area (Å²) in [6.45, 7) is 1.71. The molecule has 0 aromatic heterocycles. The first-order chi connectivity index (χ1) is 8.56. The molecule has 2 rings (SSSR count). The Morgan fingerprint density at radius 1 is 1.44 bits per heavy atom. The van der Waals surface area contributed by atoms with E-state index in [0.717, 1.165) is 16.7 Å². The number of carbonyl (C=O) groups is 2. The zero-order chi connectivity index (χ0) is 13.1. The second-order valence-corrected chi connectivity index (χ2v) is 5.52. The van der Waals surface area contributed by atoms with Crippen LogP contribution in [0, 0.1) is 9.49 Å². The molecule has 1 aromatic rings. The Bertz CT molecular complexity index is 486. The number of nitrogens with one attached hydrogen (secondary N) is 2. The van der Waals surface area contributed by atoms with Gasteiger partial charge >= 0.3 is 5.97 Å². The van der Waals surface area contributed by atoms with Crippen LogP contribution in [0.1, 0.15) is 16.8 Å². The van der Waals surface area contributed by atoms with Gasteiger partial charge in [-0.25, -0.2) is 4.79 Å². The highest BCUT2D eigenvalue weighted by Crippen LogP contribution is 2.20. The molecule has 1 aliphatic heterocycles. The summed E-state index contributed by atoms with van der Waals surface area (Å²) in [6.07, 6.45) is 0.429. The number of anilines is 1. The Hall–Kier alpha value is -1.15. The number of hydrogen-bond acceptors (Lipinski definition) is 3. The van der Waals surface area contributed by atoms with E-state index in [4.69, 9.17) is 5.11 Å². The van der Waals surface area contributed by atoms with Gasteiger partial charge in [-0.05, 0) is 59.8 Å². The average Bonchev–Trinajstić information content (AvgIpc) is 2.26. The lowest BCUT2D eigenvalue weighted by Crippen LogP contribution is -2.43. The first kappa shape index (κ1) is 13.3. The van der Waals surface area contributed by atoms with E-state index < -0.39 is 5.97 Å². The lowest BCUT2D eigenvalue weighted by atomic mass is 9.99. The minimum Gasteiger partial charge on any atom is -0.478 e. The highest BCUT2D eigenvalue weighted by molar-refractivity contribution is 14.1. The standard InChI is InChI=1S/C12H13IN2O3/c13-8-1-2-10(9(4-8)12(17)18)15-11(16)3-7-5-14-6-7/h1-2,4,7,14H,3,5-6H2,(H,15,16)(H,17,18). The van der Waals surface area contributed by atoms with Crippen molar-refractivity contribution in [3.8, 4) is 0 Å². The van der Waals surface area contributed by atoms with Crippen LogP contribution in [0.25, 0.3) is 0 Å². The molecule has 96 valence electrons. The molecular weight excluding hydrogens is 347 g/mol. The van der Waals surface area contributed by atoms with Crippen molar-refractivity contribution in [2.45, 2.75) is 6.42 Å². The fourth-order valence-electron chi connectivity index (χ4n) is 1.76. The molecule has 1 heterocycles. The molecule has 18 heavy (non-hydrogen) atoms. The van der Waals surface area contributed by atoms with Crippen LogP contribution in [0.15, 0.2) is 18.2 Å². The fraction of sp³-hybridized carbons (Fsp3) is 0.333. The maximum atomic E-state index is 11.7. The van der Waals surface area contributed by atoms with E-state index in [1.54, 1.807) is 18.2 Å². The van der Waals surface area contributed by atoms with Crippen LogP contribution in [0.5, 0.6) is 0 Å². The normalized spacial score (nSPS) is 14.9. The molecule has 0 bridgehead atoms. The van der Waals surface area contributed by atoms with E-state index in [0.29, 0.717) is 18.0 Å². The third kappa shape index (κ3) is 3.20. The number of halogens is 1. The number of carboxylic acid groups (broad SMARTS) is 1. The molecule has 1 saturated heterocycles. The van der Waals surface area contributed by atoms with Crippen LogP contribution in [-0.4, -0.2) is 30.1 Å². The van der Waals surface area contributed by atoms with Gasteiger partial charge in [-0.1, -0.05) is 0 Å². The Morgan fingerprint density at radius 2 is 2.17 bits per heavy atom. The van der Waals surface area contributed by atoms with Gasteiger partial charge in [-0.3, -0.25) is 4.79 Å². The van der Waals surface area contributed by atoms with E-state index in [1.165, 1.54) is 0 Å². The Morgan fingerprint density at radius 3 is 2.72 bits per heavy atom. The Kier molecular flexibility index (Phi) is 4.18. The van der Waals surface area contributed by atoms with Gasteiger partial charge in [0.1, 0.15) is 0 Å². The Balaban J connectivity index is 2.07. The maximum absolute atomic E-state index is 11.7. The number of carbonyl (C=O) groups excluding carboxylic acids is 1. The van der Waals surface area contributed by atoms with Gasteiger partial charge in [-0.2, -0.15) is 0 Å². The van der Waals surface area contributed by atoms with Crippen molar-refractivity contribution < 1.29 is 14.7 Å². The number of rotatable bonds is 4. The van der Waals surface area contributed by atoms with Gasteiger partial charge in [0.25, 0.3) is 0 Å². The molecule has 0 spiro atoms. The molecule has 1 aromatic carbocycles. The fourth-order valence-corrected chi connectivity index (χ4v) is 2.25. The first-order valence-corrected chi connectivity index (χ1v) is 6.67. The molecule has 3 N–H and O–H groups in total. The molecule has 6 heteroatoms. The lowest BCUT2D eigenvalue weighted by molar-refractivity contribution is -0.117. The van der Waals surface area contributed by atoms with Gasteiger partial charge < -0.3 is 15.7 Å². The number of hydrogen-bond donors (Lipinski definition) is 3. The van der Waals surface area contributed by atoms with Crippen LogP contribution in [0.2, 0.25) is 0 Å². The largest absolute Gasteiger partial charge is 0.478 e. The van der Waals surface area contributed by atoms with E-state index in [9.17, 15) is 9.59 Å². The highest BCUT2D eigenvalue weighted by Gasteiger charge is 2.21. The third-order valence-corrected chi connectivity index (χ3v) is 3.50. The number of carboxylic acids is 1. The molecule has 1 aliphatic rings. The average molecular weight is 360 g/mol. The summed E-state index contributed by atoms with van der Waals surface area (Å²) in [7, 11) is 0. The van der Waals surface area contributed by atoms with Crippen LogP contribution in [0.4, 0.5) is 5.69 Å². The van der Waals surface area contributed by atoms with Crippen LogP contribution >= 0.6 is 22.6 Å². The van der Waals surface area contributed by atoms with Gasteiger partial charge in [0.15, 0.2) is 0 Å². The van der Waals surface area contributed by atoms with Crippen LogP contribution in [0.3, 0.4) is 0 Å². The topological polar surface area (TPSA) is 78.4 Å². The zero-order valence-electron chi connectivity index (χ0n) is 9.57. The molecule has 0 aliphatic carbocycles. The van der Waals surface area contributed by atoms with Crippen LogP contribution in [-0.2, 0) is 4.79 Å². The predicted octanol–water partition coefficient (Wildman–Crippen LogP) is 1.54. The van der Waals surface area contributed by atoms with Crippen molar-refractivity contribution in [1.29, 1.82) is 0 Å². The summed E-state index contributed by atoms with van der Waals surface area (Å²) in [5.74, 6) is -0.804. The van der Waals surface area contributed by atoms with E-state index in [-0.39, 0.29) is 11.5 Å². The minimum atomic E-state index is -1.03. The second-order valence-electron chi connectivity index (χ2n) is 4.27. The third-order valence-electron chi connectivity index (χ3n) is 2.83. The van der Waals surface area contributed by atoms with Crippen molar-refractivity contribution in [2.75, 3.05) is 18.4 Å². The summed E-state index contributed by atoms with van der Waals surface area (Å²) < 4.78 is 0.825. The molecular formula is C12H13IN2O3. The van der Waals surface area contributed by atoms with Gasteiger partial charge in [0, 0.05) is 9.99 Å². The highest BCUT2D eigenvalue weighted by atomic mass is 127. The monoisotopic (exact) mass is 360 g/mol. The van der Waals surface area contributed by atoms with Crippen molar-refractivity contribution in [2.24, 2.45) is 5.92 Å². The SMILES string of the molecule is O=C(CC1CNC1)Nc1ccc(I)cc1C(=O)O.